The van der Waals surface area contributed by atoms with Gasteiger partial charge in [-0.1, -0.05) is 18.7 Å². The SMILES string of the molecule is C=C(NNS(=O)(=O)c1ccc(OCC)cc1)c1ccccc1O. The van der Waals surface area contributed by atoms with Gasteiger partial charge in [0.2, 0.25) is 0 Å². The number of rotatable bonds is 7. The van der Waals surface area contributed by atoms with Crippen LogP contribution >= 0.6 is 0 Å². The second-order valence-corrected chi connectivity index (χ2v) is 6.31. The molecule has 0 saturated carbocycles. The van der Waals surface area contributed by atoms with Crippen molar-refractivity contribution in [3.8, 4) is 11.5 Å². The van der Waals surface area contributed by atoms with Crippen LogP contribution in [-0.4, -0.2) is 20.1 Å². The van der Waals surface area contributed by atoms with E-state index in [9.17, 15) is 13.5 Å². The molecule has 0 saturated heterocycles. The van der Waals surface area contributed by atoms with E-state index in [0.717, 1.165) is 0 Å². The van der Waals surface area contributed by atoms with Crippen LogP contribution in [0.25, 0.3) is 5.70 Å². The molecule has 2 aromatic rings. The van der Waals surface area contributed by atoms with Crippen molar-refractivity contribution in [1.29, 1.82) is 0 Å². The zero-order valence-corrected chi connectivity index (χ0v) is 13.4. The van der Waals surface area contributed by atoms with Crippen LogP contribution in [0.15, 0.2) is 60.0 Å². The van der Waals surface area contributed by atoms with Gasteiger partial charge in [0.1, 0.15) is 11.5 Å². The lowest BCUT2D eigenvalue weighted by atomic mass is 10.1. The highest BCUT2D eigenvalue weighted by Crippen LogP contribution is 2.21. The Labute approximate surface area is 135 Å². The molecule has 122 valence electrons. The predicted molar refractivity (Wildman–Crippen MR) is 88.2 cm³/mol. The molecule has 23 heavy (non-hydrogen) atoms. The molecular weight excluding hydrogens is 316 g/mol. The number of phenolic OH excluding ortho intramolecular Hbond substituents is 1. The predicted octanol–water partition coefficient (Wildman–Crippen LogP) is 2.24. The minimum Gasteiger partial charge on any atom is -0.507 e. The van der Waals surface area contributed by atoms with Gasteiger partial charge in [0, 0.05) is 5.56 Å². The van der Waals surface area contributed by atoms with Gasteiger partial charge in [0.05, 0.1) is 17.2 Å². The fourth-order valence-electron chi connectivity index (χ4n) is 1.87. The summed E-state index contributed by atoms with van der Waals surface area (Å²) in [5, 5.41) is 9.72. The molecular formula is C16H18N2O4S. The first kappa shape index (κ1) is 16.9. The van der Waals surface area contributed by atoms with Crippen LogP contribution in [0.3, 0.4) is 0 Å². The third kappa shape index (κ3) is 4.24. The van der Waals surface area contributed by atoms with Gasteiger partial charge >= 0.3 is 0 Å². The number of sulfonamides is 1. The lowest BCUT2D eigenvalue weighted by Gasteiger charge is -2.13. The van der Waals surface area contributed by atoms with Crippen LogP contribution in [0.5, 0.6) is 11.5 Å². The number of nitrogens with one attached hydrogen (secondary N) is 2. The van der Waals surface area contributed by atoms with Crippen LogP contribution in [0.1, 0.15) is 12.5 Å². The summed E-state index contributed by atoms with van der Waals surface area (Å²) >= 11 is 0. The fraction of sp³-hybridized carbons (Fsp3) is 0.125. The molecule has 0 aromatic heterocycles. The van der Waals surface area contributed by atoms with E-state index in [0.29, 0.717) is 17.9 Å². The molecule has 0 aliphatic carbocycles. The first-order chi connectivity index (χ1) is 10.9. The van der Waals surface area contributed by atoms with Gasteiger partial charge in [0.25, 0.3) is 10.0 Å². The molecule has 0 spiro atoms. The summed E-state index contributed by atoms with van der Waals surface area (Å²) in [7, 11) is -3.77. The fourth-order valence-corrected chi connectivity index (χ4v) is 2.74. The number of para-hydroxylation sites is 1. The standard InChI is InChI=1S/C16H18N2O4S/c1-3-22-13-8-10-14(11-9-13)23(20,21)18-17-12(2)15-6-4-5-7-16(15)19/h4-11,17-19H,2-3H2,1H3. The number of benzene rings is 2. The molecule has 0 aliphatic heterocycles. The highest BCUT2D eigenvalue weighted by atomic mass is 32.2. The highest BCUT2D eigenvalue weighted by Gasteiger charge is 2.14. The van der Waals surface area contributed by atoms with Crippen LogP contribution in [0.4, 0.5) is 0 Å². The Morgan fingerprint density at radius 3 is 2.43 bits per heavy atom. The van der Waals surface area contributed by atoms with E-state index >= 15 is 0 Å². The van der Waals surface area contributed by atoms with Crippen molar-refractivity contribution in [3.05, 3.63) is 60.7 Å². The third-order valence-corrected chi connectivity index (χ3v) is 4.27. The Morgan fingerprint density at radius 1 is 1.17 bits per heavy atom. The third-order valence-electron chi connectivity index (χ3n) is 3.01. The largest absolute Gasteiger partial charge is 0.507 e. The van der Waals surface area contributed by atoms with E-state index in [2.05, 4.69) is 16.8 Å². The van der Waals surface area contributed by atoms with Crippen LogP contribution in [-0.2, 0) is 10.0 Å². The van der Waals surface area contributed by atoms with Gasteiger partial charge in [-0.05, 0) is 43.3 Å². The molecule has 0 heterocycles. The van der Waals surface area contributed by atoms with E-state index in [1.165, 1.54) is 18.2 Å². The highest BCUT2D eigenvalue weighted by molar-refractivity contribution is 7.89. The normalized spacial score (nSPS) is 11.0. The minimum atomic E-state index is -3.77. The molecule has 6 nitrogen and oxygen atoms in total. The molecule has 0 aliphatic rings. The average Bonchev–Trinajstić information content (AvgIpc) is 2.54. The average molecular weight is 334 g/mol. The van der Waals surface area contributed by atoms with Crippen molar-refractivity contribution in [2.45, 2.75) is 11.8 Å². The lowest BCUT2D eigenvalue weighted by Crippen LogP contribution is -2.35. The summed E-state index contributed by atoms with van der Waals surface area (Å²) in [5.74, 6) is 0.600. The maximum absolute atomic E-state index is 12.2. The second-order valence-electron chi connectivity index (χ2n) is 4.63. The minimum absolute atomic E-state index is 0.00488. The summed E-state index contributed by atoms with van der Waals surface area (Å²) < 4.78 is 29.7. The molecule has 0 fully saturated rings. The van der Waals surface area contributed by atoms with E-state index in [-0.39, 0.29) is 16.3 Å². The van der Waals surface area contributed by atoms with Crippen LogP contribution < -0.4 is 15.0 Å². The number of aromatic hydroxyl groups is 1. The zero-order chi connectivity index (χ0) is 16.9. The number of ether oxygens (including phenoxy) is 1. The molecule has 2 rings (SSSR count). The van der Waals surface area contributed by atoms with Gasteiger partial charge in [-0.2, -0.15) is 0 Å². The van der Waals surface area contributed by atoms with Crippen molar-refractivity contribution in [1.82, 2.24) is 10.3 Å². The van der Waals surface area contributed by atoms with Crippen molar-refractivity contribution < 1.29 is 18.3 Å². The maximum atomic E-state index is 12.2. The molecule has 0 atom stereocenters. The van der Waals surface area contributed by atoms with Gasteiger partial charge in [-0.15, -0.1) is 4.83 Å². The monoisotopic (exact) mass is 334 g/mol. The summed E-state index contributed by atoms with van der Waals surface area (Å²) in [5.41, 5.74) is 3.13. The van der Waals surface area contributed by atoms with Crippen LogP contribution in [0.2, 0.25) is 0 Å². The molecule has 3 N–H and O–H groups in total. The van der Waals surface area contributed by atoms with Crippen molar-refractivity contribution in [2.75, 3.05) is 6.61 Å². The molecule has 7 heteroatoms. The smallest absolute Gasteiger partial charge is 0.257 e. The molecule has 0 radical (unpaired) electrons. The topological polar surface area (TPSA) is 87.7 Å². The van der Waals surface area contributed by atoms with E-state index in [4.69, 9.17) is 4.74 Å². The van der Waals surface area contributed by atoms with Crippen LogP contribution in [0, 0.1) is 0 Å². The summed E-state index contributed by atoms with van der Waals surface area (Å²) in [6.45, 7) is 6.06. The first-order valence-electron chi connectivity index (χ1n) is 6.92. The van der Waals surface area contributed by atoms with Gasteiger partial charge in [-0.25, -0.2) is 8.42 Å². The van der Waals surface area contributed by atoms with E-state index < -0.39 is 10.0 Å². The Morgan fingerprint density at radius 2 is 1.83 bits per heavy atom. The zero-order valence-electron chi connectivity index (χ0n) is 12.6. The van der Waals surface area contributed by atoms with E-state index in [1.807, 2.05) is 6.92 Å². The molecule has 0 amide bonds. The molecule has 0 bridgehead atoms. The van der Waals surface area contributed by atoms with Gasteiger partial charge < -0.3 is 15.3 Å². The van der Waals surface area contributed by atoms with Gasteiger partial charge in [0.15, 0.2) is 0 Å². The molecule has 0 unspecified atom stereocenters. The number of hydrogen-bond donors (Lipinski definition) is 3. The lowest BCUT2D eigenvalue weighted by molar-refractivity contribution is 0.340. The molecule has 2 aromatic carbocycles. The number of phenols is 1. The van der Waals surface area contributed by atoms with Crippen molar-refractivity contribution in [3.63, 3.8) is 0 Å². The number of hydrogen-bond acceptors (Lipinski definition) is 5. The van der Waals surface area contributed by atoms with Crippen molar-refractivity contribution in [2.24, 2.45) is 0 Å². The van der Waals surface area contributed by atoms with Gasteiger partial charge in [-0.3, -0.25) is 0 Å². The summed E-state index contributed by atoms with van der Waals surface area (Å²) in [6.07, 6.45) is 0. The first-order valence-corrected chi connectivity index (χ1v) is 8.40. The summed E-state index contributed by atoms with van der Waals surface area (Å²) in [6, 6.07) is 12.5. The second kappa shape index (κ2) is 7.17. The maximum Gasteiger partial charge on any atom is 0.257 e. The van der Waals surface area contributed by atoms with Crippen molar-refractivity contribution >= 4 is 15.7 Å². The van der Waals surface area contributed by atoms with E-state index in [1.54, 1.807) is 30.3 Å². The Bertz CT molecular complexity index is 786. The Balaban J connectivity index is 2.06. The number of hydrazine groups is 1. The quantitative estimate of drug-likeness (QED) is 0.676. The Hall–Kier alpha value is -2.51. The summed E-state index contributed by atoms with van der Waals surface area (Å²) in [4.78, 5) is 2.30. The Kier molecular flexibility index (Phi) is 5.25.